The summed E-state index contributed by atoms with van der Waals surface area (Å²) in [6, 6.07) is 9.19. The van der Waals surface area contributed by atoms with E-state index in [2.05, 4.69) is 5.32 Å². The molecule has 0 aliphatic heterocycles. The van der Waals surface area contributed by atoms with Crippen LogP contribution >= 0.6 is 0 Å². The minimum absolute atomic E-state index is 0.107. The van der Waals surface area contributed by atoms with Crippen LogP contribution in [0.4, 0.5) is 4.39 Å². The summed E-state index contributed by atoms with van der Waals surface area (Å²) in [7, 11) is 0. The lowest BCUT2D eigenvalue weighted by molar-refractivity contribution is -0.136. The number of amides is 1. The van der Waals surface area contributed by atoms with Gasteiger partial charge in [-0.25, -0.2) is 4.39 Å². The van der Waals surface area contributed by atoms with Crippen LogP contribution in [0.25, 0.3) is 0 Å². The Bertz CT molecular complexity index is 1040. The monoisotopic (exact) mass is 421 g/mol. The Hall–Kier alpha value is -2.53. The van der Waals surface area contributed by atoms with E-state index in [1.165, 1.54) is 18.2 Å². The number of aryl methyl sites for hydroxylation is 2. The van der Waals surface area contributed by atoms with Gasteiger partial charge in [0.2, 0.25) is 0 Å². The minimum atomic E-state index is -0.525. The van der Waals surface area contributed by atoms with Gasteiger partial charge in [-0.15, -0.1) is 0 Å². The molecule has 31 heavy (non-hydrogen) atoms. The lowest BCUT2D eigenvalue weighted by Gasteiger charge is -2.58. The topological polar surface area (TPSA) is 66.4 Å². The van der Waals surface area contributed by atoms with E-state index in [1.54, 1.807) is 18.2 Å². The van der Waals surface area contributed by atoms with Gasteiger partial charge in [0.25, 0.3) is 5.91 Å². The highest BCUT2D eigenvalue weighted by Gasteiger charge is 2.55. The number of hydrogen-bond donors (Lipinski definition) is 2. The first-order valence-corrected chi connectivity index (χ1v) is 11.2. The van der Waals surface area contributed by atoms with E-state index < -0.39 is 11.4 Å². The van der Waals surface area contributed by atoms with Crippen LogP contribution in [0, 0.1) is 37.4 Å². The molecule has 6 rings (SSSR count). The second-order valence-electron chi connectivity index (χ2n) is 10.0. The number of carbonyl (C=O) groups excluding carboxylic acids is 2. The normalized spacial score (nSPS) is 31.0. The zero-order valence-electron chi connectivity index (χ0n) is 18.0. The Morgan fingerprint density at radius 1 is 1.00 bits per heavy atom. The maximum Gasteiger partial charge on any atom is 0.252 e. The van der Waals surface area contributed by atoms with Crippen molar-refractivity contribution in [2.45, 2.75) is 57.6 Å². The van der Waals surface area contributed by atoms with Gasteiger partial charge in [-0.1, -0.05) is 12.1 Å². The van der Waals surface area contributed by atoms with E-state index >= 15 is 0 Å². The van der Waals surface area contributed by atoms with Crippen LogP contribution in [0.3, 0.4) is 0 Å². The predicted molar refractivity (Wildman–Crippen MR) is 116 cm³/mol. The van der Waals surface area contributed by atoms with Crippen molar-refractivity contribution < 1.29 is 19.1 Å². The molecule has 0 saturated heterocycles. The SMILES string of the molecule is Cc1cc(C(=O)c2cccc(F)c2)cc(C)c1C(=O)N[C@H]1C2CC3CC1C[C@](O)(C3)C2. The largest absolute Gasteiger partial charge is 0.390 e. The van der Waals surface area contributed by atoms with E-state index in [9.17, 15) is 19.1 Å². The molecule has 4 fully saturated rings. The molecule has 4 bridgehead atoms. The number of aliphatic hydroxyl groups is 1. The third-order valence-electron chi connectivity index (χ3n) is 7.65. The van der Waals surface area contributed by atoms with Gasteiger partial charge in [-0.05, 0) is 99.1 Å². The van der Waals surface area contributed by atoms with Crippen LogP contribution in [0.5, 0.6) is 0 Å². The molecular weight excluding hydrogens is 393 g/mol. The summed E-state index contributed by atoms with van der Waals surface area (Å²) in [4.78, 5) is 26.1. The quantitative estimate of drug-likeness (QED) is 0.722. The Balaban J connectivity index is 1.37. The number of hydrogen-bond acceptors (Lipinski definition) is 3. The molecule has 2 aromatic rings. The van der Waals surface area contributed by atoms with E-state index in [0.717, 1.165) is 43.2 Å². The van der Waals surface area contributed by atoms with Gasteiger partial charge in [0.1, 0.15) is 5.82 Å². The van der Waals surface area contributed by atoms with E-state index in [4.69, 9.17) is 0 Å². The third kappa shape index (κ3) is 3.59. The molecule has 2 atom stereocenters. The third-order valence-corrected chi connectivity index (χ3v) is 7.65. The zero-order valence-corrected chi connectivity index (χ0v) is 18.0. The first kappa shape index (κ1) is 20.4. The Kier molecular flexibility index (Phi) is 4.78. The average molecular weight is 422 g/mol. The van der Waals surface area contributed by atoms with E-state index in [1.807, 2.05) is 13.8 Å². The molecule has 4 saturated carbocycles. The maximum absolute atomic E-state index is 13.5. The van der Waals surface area contributed by atoms with E-state index in [-0.39, 0.29) is 17.7 Å². The summed E-state index contributed by atoms with van der Waals surface area (Å²) >= 11 is 0. The number of nitrogens with one attached hydrogen (secondary N) is 1. The molecule has 0 spiro atoms. The Labute approximate surface area is 181 Å². The summed E-state index contributed by atoms with van der Waals surface area (Å²) in [6.45, 7) is 3.67. The molecule has 4 aliphatic carbocycles. The second-order valence-corrected chi connectivity index (χ2v) is 10.0. The van der Waals surface area contributed by atoms with Crippen LogP contribution < -0.4 is 5.32 Å². The first-order chi connectivity index (χ1) is 14.7. The van der Waals surface area contributed by atoms with Crippen molar-refractivity contribution in [3.63, 3.8) is 0 Å². The highest BCUT2D eigenvalue weighted by Crippen LogP contribution is 2.55. The van der Waals surface area contributed by atoms with Gasteiger partial charge in [-0.2, -0.15) is 0 Å². The van der Waals surface area contributed by atoms with Gasteiger partial charge >= 0.3 is 0 Å². The molecule has 0 aromatic heterocycles. The molecule has 1 amide bonds. The fourth-order valence-corrected chi connectivity index (χ4v) is 6.69. The van der Waals surface area contributed by atoms with Gasteiger partial charge in [-0.3, -0.25) is 9.59 Å². The number of carbonyl (C=O) groups is 2. The summed E-state index contributed by atoms with van der Waals surface area (Å²) in [5.41, 5.74) is 2.29. The van der Waals surface area contributed by atoms with Gasteiger partial charge in [0, 0.05) is 22.7 Å². The number of rotatable bonds is 4. The maximum atomic E-state index is 13.5. The molecule has 2 N–H and O–H groups in total. The zero-order chi connectivity index (χ0) is 21.9. The molecule has 2 unspecified atom stereocenters. The highest BCUT2D eigenvalue weighted by atomic mass is 19.1. The fraction of sp³-hybridized carbons (Fsp3) is 0.462. The van der Waals surface area contributed by atoms with Crippen molar-refractivity contribution >= 4 is 11.7 Å². The molecule has 5 heteroatoms. The summed E-state index contributed by atoms with van der Waals surface area (Å²) in [6.07, 6.45) is 4.65. The Morgan fingerprint density at radius 2 is 1.65 bits per heavy atom. The van der Waals surface area contributed by atoms with Crippen molar-refractivity contribution in [2.24, 2.45) is 17.8 Å². The van der Waals surface area contributed by atoms with Crippen molar-refractivity contribution in [1.29, 1.82) is 0 Å². The van der Waals surface area contributed by atoms with Gasteiger partial charge in [0.15, 0.2) is 5.78 Å². The fourth-order valence-electron chi connectivity index (χ4n) is 6.69. The predicted octanol–water partition coefficient (Wildman–Crippen LogP) is 4.34. The molecular formula is C26H28FNO3. The van der Waals surface area contributed by atoms with Crippen molar-refractivity contribution in [3.05, 3.63) is 70.0 Å². The van der Waals surface area contributed by atoms with Crippen molar-refractivity contribution in [1.82, 2.24) is 5.32 Å². The molecule has 4 aliphatic rings. The average Bonchev–Trinajstić information content (AvgIpc) is 2.68. The van der Waals surface area contributed by atoms with Crippen molar-refractivity contribution in [3.8, 4) is 0 Å². The summed E-state index contributed by atoms with van der Waals surface area (Å²) < 4.78 is 13.5. The number of halogens is 1. The molecule has 2 aromatic carbocycles. The lowest BCUT2D eigenvalue weighted by atomic mass is 9.52. The summed E-state index contributed by atoms with van der Waals surface area (Å²) in [5.74, 6) is 0.461. The first-order valence-electron chi connectivity index (χ1n) is 11.2. The van der Waals surface area contributed by atoms with Crippen LogP contribution in [-0.2, 0) is 0 Å². The smallest absolute Gasteiger partial charge is 0.252 e. The number of ketones is 1. The minimum Gasteiger partial charge on any atom is -0.390 e. The molecule has 0 heterocycles. The van der Waals surface area contributed by atoms with E-state index in [0.29, 0.717) is 34.4 Å². The molecule has 162 valence electrons. The Morgan fingerprint density at radius 3 is 2.23 bits per heavy atom. The second kappa shape index (κ2) is 7.27. The van der Waals surface area contributed by atoms with Crippen molar-refractivity contribution in [2.75, 3.05) is 0 Å². The van der Waals surface area contributed by atoms with Crippen LogP contribution in [0.2, 0.25) is 0 Å². The highest BCUT2D eigenvalue weighted by molar-refractivity contribution is 6.10. The van der Waals surface area contributed by atoms with Gasteiger partial charge in [0.05, 0.1) is 5.60 Å². The summed E-state index contributed by atoms with van der Waals surface area (Å²) in [5, 5.41) is 14.1. The van der Waals surface area contributed by atoms with Crippen LogP contribution in [-0.4, -0.2) is 28.4 Å². The van der Waals surface area contributed by atoms with Crippen LogP contribution in [0.15, 0.2) is 36.4 Å². The van der Waals surface area contributed by atoms with Crippen LogP contribution in [0.1, 0.15) is 69.5 Å². The molecule has 4 nitrogen and oxygen atoms in total. The lowest BCUT2D eigenvalue weighted by Crippen LogP contribution is -2.61. The van der Waals surface area contributed by atoms with Gasteiger partial charge < -0.3 is 10.4 Å². The molecule has 0 radical (unpaired) electrons. The number of benzene rings is 2. The standard InChI is InChI=1S/C26H28FNO3/c1-14-6-18(24(29)17-4-3-5-21(27)10-17)7-15(2)22(14)25(30)28-23-19-8-16-9-20(23)13-26(31,11-16)12-19/h3-7,10,16,19-20,23,31H,8-9,11-13H2,1-2H3,(H,28,30)/t16?,19?,20?,23-,26-.